The molecule has 1 aliphatic rings. The molecular formula is C9H16BN3OS. The molecule has 6 heteroatoms. The molecule has 0 amide bonds. The number of aromatic nitrogens is 1. The average molecular weight is 225 g/mol. The lowest BCUT2D eigenvalue weighted by Crippen LogP contribution is -2.51. The van der Waals surface area contributed by atoms with E-state index >= 15 is 0 Å². The topological polar surface area (TPSA) is 39.6 Å². The van der Waals surface area contributed by atoms with Gasteiger partial charge in [-0.3, -0.25) is 0 Å². The molecule has 2 heterocycles. The second-order valence-corrected chi connectivity index (χ2v) is 5.12. The SMILES string of the molecule is CB(O)N1CCN(c2ncc(C)s2)CC1. The first-order valence-electron chi connectivity index (χ1n) is 5.26. The van der Waals surface area contributed by atoms with Gasteiger partial charge in [0.2, 0.25) is 0 Å². The zero-order chi connectivity index (χ0) is 10.8. The molecule has 0 aromatic carbocycles. The highest BCUT2D eigenvalue weighted by Crippen LogP contribution is 2.22. The lowest BCUT2D eigenvalue weighted by Gasteiger charge is -2.35. The fraction of sp³-hybridized carbons (Fsp3) is 0.667. The fourth-order valence-corrected chi connectivity index (χ4v) is 2.59. The molecule has 1 saturated heterocycles. The Hall–Kier alpha value is -0.585. The molecule has 1 fully saturated rings. The highest BCUT2D eigenvalue weighted by atomic mass is 32.1. The Bertz CT molecular complexity index is 323. The van der Waals surface area contributed by atoms with Crippen molar-refractivity contribution in [1.82, 2.24) is 9.79 Å². The van der Waals surface area contributed by atoms with Crippen molar-refractivity contribution in [2.45, 2.75) is 13.7 Å². The molecule has 0 atom stereocenters. The number of hydrogen-bond acceptors (Lipinski definition) is 5. The van der Waals surface area contributed by atoms with E-state index in [2.05, 4.69) is 21.6 Å². The van der Waals surface area contributed by atoms with Gasteiger partial charge in [-0.05, 0) is 13.7 Å². The van der Waals surface area contributed by atoms with E-state index in [4.69, 9.17) is 0 Å². The number of anilines is 1. The lowest BCUT2D eigenvalue weighted by molar-refractivity contribution is 0.344. The largest absolute Gasteiger partial charge is 0.437 e. The van der Waals surface area contributed by atoms with Crippen molar-refractivity contribution in [1.29, 1.82) is 0 Å². The van der Waals surface area contributed by atoms with Crippen LogP contribution in [0.4, 0.5) is 5.13 Å². The summed E-state index contributed by atoms with van der Waals surface area (Å²) in [6, 6.07) is 0. The van der Waals surface area contributed by atoms with E-state index in [0.717, 1.165) is 31.3 Å². The average Bonchev–Trinajstić information content (AvgIpc) is 2.65. The Morgan fingerprint density at radius 1 is 1.40 bits per heavy atom. The van der Waals surface area contributed by atoms with Gasteiger partial charge in [0.15, 0.2) is 5.13 Å². The molecule has 0 bridgehead atoms. The van der Waals surface area contributed by atoms with Crippen molar-refractivity contribution in [2.24, 2.45) is 0 Å². The van der Waals surface area contributed by atoms with Crippen LogP contribution in [0.25, 0.3) is 0 Å². The number of thiazole rings is 1. The Balaban J connectivity index is 1.93. The van der Waals surface area contributed by atoms with Gasteiger partial charge in [-0.1, -0.05) is 0 Å². The van der Waals surface area contributed by atoms with Gasteiger partial charge in [0.05, 0.1) is 0 Å². The van der Waals surface area contributed by atoms with Crippen LogP contribution >= 0.6 is 11.3 Å². The maximum Gasteiger partial charge on any atom is 0.376 e. The first-order valence-corrected chi connectivity index (χ1v) is 6.08. The van der Waals surface area contributed by atoms with E-state index < -0.39 is 0 Å². The van der Waals surface area contributed by atoms with Gasteiger partial charge in [-0.25, -0.2) is 4.98 Å². The maximum absolute atomic E-state index is 9.43. The summed E-state index contributed by atoms with van der Waals surface area (Å²) < 4.78 is 0. The Labute approximate surface area is 94.7 Å². The van der Waals surface area contributed by atoms with Crippen LogP contribution < -0.4 is 4.90 Å². The lowest BCUT2D eigenvalue weighted by atomic mass is 9.84. The van der Waals surface area contributed by atoms with E-state index in [1.807, 2.05) is 13.0 Å². The van der Waals surface area contributed by atoms with Gasteiger partial charge < -0.3 is 14.7 Å². The van der Waals surface area contributed by atoms with E-state index in [-0.39, 0.29) is 7.05 Å². The van der Waals surface area contributed by atoms with E-state index in [1.54, 1.807) is 11.3 Å². The van der Waals surface area contributed by atoms with Crippen LogP contribution in [0.5, 0.6) is 0 Å². The van der Waals surface area contributed by atoms with Gasteiger partial charge in [0.25, 0.3) is 0 Å². The molecule has 1 aliphatic heterocycles. The third-order valence-electron chi connectivity index (χ3n) is 2.72. The zero-order valence-electron chi connectivity index (χ0n) is 9.18. The summed E-state index contributed by atoms with van der Waals surface area (Å²) in [6.45, 7) is 7.64. The molecular weight excluding hydrogens is 209 g/mol. The Kier molecular flexibility index (Phi) is 3.28. The van der Waals surface area contributed by atoms with Crippen LogP contribution in [0.1, 0.15) is 4.88 Å². The van der Waals surface area contributed by atoms with Crippen LogP contribution in [0.3, 0.4) is 0 Å². The van der Waals surface area contributed by atoms with Crippen molar-refractivity contribution in [3.8, 4) is 0 Å². The van der Waals surface area contributed by atoms with Crippen LogP contribution in [-0.2, 0) is 0 Å². The summed E-state index contributed by atoms with van der Waals surface area (Å²) >= 11 is 1.74. The highest BCUT2D eigenvalue weighted by molar-refractivity contribution is 7.15. The monoisotopic (exact) mass is 225 g/mol. The predicted octanol–water partition coefficient (Wildman–Crippen LogP) is 0.684. The molecule has 4 nitrogen and oxygen atoms in total. The molecule has 2 rings (SSSR count). The van der Waals surface area contributed by atoms with Gasteiger partial charge in [-0.2, -0.15) is 0 Å². The molecule has 15 heavy (non-hydrogen) atoms. The van der Waals surface area contributed by atoms with Crippen molar-refractivity contribution >= 4 is 23.5 Å². The first-order chi connectivity index (χ1) is 7.16. The normalized spacial score (nSPS) is 18.2. The second kappa shape index (κ2) is 4.51. The number of aryl methyl sites for hydroxylation is 1. The van der Waals surface area contributed by atoms with Gasteiger partial charge in [0.1, 0.15) is 0 Å². The minimum atomic E-state index is -0.329. The molecule has 1 aromatic rings. The number of rotatable bonds is 2. The number of hydrogen-bond donors (Lipinski definition) is 1. The van der Waals surface area contributed by atoms with Crippen molar-refractivity contribution < 1.29 is 5.02 Å². The molecule has 0 aliphatic carbocycles. The Morgan fingerprint density at radius 3 is 2.53 bits per heavy atom. The molecule has 0 radical (unpaired) electrons. The number of nitrogens with zero attached hydrogens (tertiary/aromatic N) is 3. The van der Waals surface area contributed by atoms with Crippen LogP contribution in [0, 0.1) is 6.92 Å². The summed E-state index contributed by atoms with van der Waals surface area (Å²) in [5, 5.41) is 10.5. The quantitative estimate of drug-likeness (QED) is 0.751. The third kappa shape index (κ3) is 2.51. The summed E-state index contributed by atoms with van der Waals surface area (Å²) in [6.07, 6.45) is 1.92. The summed E-state index contributed by atoms with van der Waals surface area (Å²) in [7, 11) is -0.329. The second-order valence-electron chi connectivity index (χ2n) is 3.91. The van der Waals surface area contributed by atoms with E-state index in [1.165, 1.54) is 4.88 Å². The summed E-state index contributed by atoms with van der Waals surface area (Å²) in [5.41, 5.74) is 0. The minimum Gasteiger partial charge on any atom is -0.437 e. The van der Waals surface area contributed by atoms with E-state index in [0.29, 0.717) is 0 Å². The van der Waals surface area contributed by atoms with Crippen molar-refractivity contribution in [2.75, 3.05) is 31.1 Å². The van der Waals surface area contributed by atoms with Gasteiger partial charge >= 0.3 is 7.05 Å². The summed E-state index contributed by atoms with van der Waals surface area (Å²) in [5.74, 6) is 0. The molecule has 0 spiro atoms. The minimum absolute atomic E-state index is 0.329. The predicted molar refractivity (Wildman–Crippen MR) is 64.5 cm³/mol. The van der Waals surface area contributed by atoms with Crippen LogP contribution in [-0.4, -0.2) is 48.0 Å². The molecule has 0 saturated carbocycles. The molecule has 82 valence electrons. The fourth-order valence-electron chi connectivity index (χ4n) is 1.78. The summed E-state index contributed by atoms with van der Waals surface area (Å²) in [4.78, 5) is 9.99. The van der Waals surface area contributed by atoms with Crippen molar-refractivity contribution in [3.63, 3.8) is 0 Å². The molecule has 1 N–H and O–H groups in total. The molecule has 0 unspecified atom stereocenters. The van der Waals surface area contributed by atoms with Gasteiger partial charge in [-0.15, -0.1) is 11.3 Å². The third-order valence-corrected chi connectivity index (χ3v) is 3.70. The Morgan fingerprint density at radius 2 is 2.07 bits per heavy atom. The number of piperazine rings is 1. The van der Waals surface area contributed by atoms with Crippen LogP contribution in [0.2, 0.25) is 6.82 Å². The van der Waals surface area contributed by atoms with Crippen LogP contribution in [0.15, 0.2) is 6.20 Å². The van der Waals surface area contributed by atoms with Gasteiger partial charge in [0, 0.05) is 37.3 Å². The molecule has 1 aromatic heterocycles. The van der Waals surface area contributed by atoms with Crippen molar-refractivity contribution in [3.05, 3.63) is 11.1 Å². The standard InChI is InChI=1S/C9H16BN3OS/c1-8-7-11-9(15-8)12-3-5-13(6-4-12)10(2)14/h7,14H,3-6H2,1-2H3. The smallest absolute Gasteiger partial charge is 0.376 e. The zero-order valence-corrected chi connectivity index (χ0v) is 10.00. The van der Waals surface area contributed by atoms with E-state index in [9.17, 15) is 5.02 Å². The first kappa shape index (κ1) is 10.9. The maximum atomic E-state index is 9.43. The highest BCUT2D eigenvalue weighted by Gasteiger charge is 2.23.